The molecule has 0 spiro atoms. The molecule has 0 aromatic heterocycles. The normalized spacial score (nSPS) is 17.1. The zero-order chi connectivity index (χ0) is 25.1. The zero-order valence-electron chi connectivity index (χ0n) is 20.7. The molecule has 0 radical (unpaired) electrons. The van der Waals surface area contributed by atoms with E-state index in [9.17, 15) is 18.7 Å². The van der Waals surface area contributed by atoms with Crippen LogP contribution in [-0.2, 0) is 10.7 Å². The summed E-state index contributed by atoms with van der Waals surface area (Å²) in [5.74, 6) is -2.91. The summed E-state index contributed by atoms with van der Waals surface area (Å²) in [7, 11) is 0. The fourth-order valence-electron chi connectivity index (χ4n) is 4.47. The van der Waals surface area contributed by atoms with Crippen LogP contribution < -0.4 is 10.1 Å². The van der Waals surface area contributed by atoms with Crippen LogP contribution in [0.4, 0.5) is 14.5 Å². The summed E-state index contributed by atoms with van der Waals surface area (Å²) in [6, 6.07) is 9.89. The van der Waals surface area contributed by atoms with Crippen molar-refractivity contribution in [3.05, 3.63) is 64.7 Å². The molecular formula is C28H35F2NO3. The number of nitrogens with one attached hydrogen (secondary N) is 1. The third-order valence-corrected chi connectivity index (χ3v) is 6.74. The molecule has 2 aromatic carbocycles. The van der Waals surface area contributed by atoms with Gasteiger partial charge >= 0.3 is 0 Å². The summed E-state index contributed by atoms with van der Waals surface area (Å²) in [6.45, 7) is 8.81. The molecule has 1 atom stereocenters. The molecule has 184 valence electrons. The van der Waals surface area contributed by atoms with Gasteiger partial charge in [-0.15, -0.1) is 0 Å². The Balaban J connectivity index is 1.94. The fourth-order valence-corrected chi connectivity index (χ4v) is 4.47. The molecule has 2 N–H and O–H groups in total. The monoisotopic (exact) mass is 471 g/mol. The van der Waals surface area contributed by atoms with Crippen molar-refractivity contribution >= 4 is 17.2 Å². The lowest BCUT2D eigenvalue weighted by Crippen LogP contribution is -2.38. The van der Waals surface area contributed by atoms with Crippen molar-refractivity contribution in [2.75, 3.05) is 5.32 Å². The average molecular weight is 472 g/mol. The van der Waals surface area contributed by atoms with Gasteiger partial charge in [0.15, 0.2) is 0 Å². The van der Waals surface area contributed by atoms with E-state index >= 15 is 0 Å². The molecule has 0 saturated heterocycles. The van der Waals surface area contributed by atoms with Crippen molar-refractivity contribution in [1.29, 1.82) is 0 Å². The fraction of sp³-hybridized carbons (Fsp3) is 0.464. The van der Waals surface area contributed by atoms with E-state index < -0.39 is 17.6 Å². The number of carbonyl (C=O) groups excluding carboxylic acids is 1. The molecule has 2 aromatic rings. The molecule has 0 aliphatic carbocycles. The molecule has 3 rings (SSSR count). The maximum Gasteiger partial charge on any atom is 0.270 e. The van der Waals surface area contributed by atoms with E-state index in [2.05, 4.69) is 5.32 Å². The van der Waals surface area contributed by atoms with Crippen LogP contribution in [-0.4, -0.2) is 16.6 Å². The number of aliphatic hydroxyl groups excluding tert-OH is 1. The highest BCUT2D eigenvalue weighted by Crippen LogP contribution is 2.45. The molecule has 34 heavy (non-hydrogen) atoms. The van der Waals surface area contributed by atoms with Gasteiger partial charge in [-0.05, 0) is 61.1 Å². The van der Waals surface area contributed by atoms with Crippen molar-refractivity contribution in [3.63, 3.8) is 0 Å². The largest absolute Gasteiger partial charge is 0.486 e. The minimum atomic E-state index is -2.98. The summed E-state index contributed by atoms with van der Waals surface area (Å²) >= 11 is 0. The Morgan fingerprint density at radius 1 is 1.21 bits per heavy atom. The van der Waals surface area contributed by atoms with Crippen LogP contribution in [0.25, 0.3) is 5.57 Å². The second-order valence-electron chi connectivity index (χ2n) is 9.30. The number of amides is 1. The maximum atomic E-state index is 13.9. The van der Waals surface area contributed by atoms with Crippen molar-refractivity contribution in [2.24, 2.45) is 0 Å². The van der Waals surface area contributed by atoms with Crippen LogP contribution in [0, 0.1) is 6.92 Å². The van der Waals surface area contributed by atoms with Gasteiger partial charge in [-0.3, -0.25) is 4.79 Å². The predicted octanol–water partition coefficient (Wildman–Crippen LogP) is 7.30. The van der Waals surface area contributed by atoms with Crippen molar-refractivity contribution in [3.8, 4) is 5.75 Å². The third kappa shape index (κ3) is 5.66. The van der Waals surface area contributed by atoms with Gasteiger partial charge in [0.25, 0.3) is 5.92 Å². The second kappa shape index (κ2) is 10.3. The molecule has 4 nitrogen and oxygen atoms in total. The van der Waals surface area contributed by atoms with Crippen LogP contribution in [0.3, 0.4) is 0 Å². The van der Waals surface area contributed by atoms with Gasteiger partial charge in [0.05, 0.1) is 6.10 Å². The number of halogens is 2. The number of hydrogen-bond acceptors (Lipinski definition) is 3. The van der Waals surface area contributed by atoms with Gasteiger partial charge in [-0.2, -0.15) is 0 Å². The highest BCUT2D eigenvalue weighted by atomic mass is 19.3. The molecule has 1 amide bonds. The Bertz CT molecular complexity index is 1070. The average Bonchev–Trinajstić information content (AvgIpc) is 2.79. The summed E-state index contributed by atoms with van der Waals surface area (Å²) in [5.41, 5.74) is 3.11. The minimum absolute atomic E-state index is 0.115. The van der Waals surface area contributed by atoms with E-state index in [1.54, 1.807) is 6.07 Å². The van der Waals surface area contributed by atoms with Crippen molar-refractivity contribution in [1.82, 2.24) is 0 Å². The number of anilines is 1. The lowest BCUT2D eigenvalue weighted by molar-refractivity contribution is -0.111. The molecule has 1 heterocycles. The molecule has 1 aliphatic rings. The first kappa shape index (κ1) is 25.9. The predicted molar refractivity (Wildman–Crippen MR) is 132 cm³/mol. The Morgan fingerprint density at radius 2 is 1.91 bits per heavy atom. The van der Waals surface area contributed by atoms with Gasteiger partial charge < -0.3 is 15.2 Å². The first-order valence-corrected chi connectivity index (χ1v) is 12.0. The number of hydrogen-bond donors (Lipinski definition) is 2. The lowest BCUT2D eigenvalue weighted by Gasteiger charge is -2.39. The number of aliphatic hydroxyl groups is 1. The highest BCUT2D eigenvalue weighted by molar-refractivity contribution is 6.04. The zero-order valence-corrected chi connectivity index (χ0v) is 20.7. The van der Waals surface area contributed by atoms with E-state index in [0.717, 1.165) is 30.0 Å². The molecule has 1 unspecified atom stereocenters. The number of rotatable bonds is 8. The van der Waals surface area contributed by atoms with Gasteiger partial charge in [-0.1, -0.05) is 45.4 Å². The number of aryl methyl sites for hydroxylation is 1. The van der Waals surface area contributed by atoms with E-state index in [0.29, 0.717) is 42.7 Å². The van der Waals surface area contributed by atoms with Gasteiger partial charge in [0, 0.05) is 36.2 Å². The number of alkyl halides is 2. The molecule has 0 saturated carbocycles. The summed E-state index contributed by atoms with van der Waals surface area (Å²) in [4.78, 5) is 13.0. The van der Waals surface area contributed by atoms with Crippen LogP contribution in [0.1, 0.15) is 88.2 Å². The Hall–Kier alpha value is -2.73. The lowest BCUT2D eigenvalue weighted by atomic mass is 9.82. The first-order chi connectivity index (χ1) is 16.0. The smallest absolute Gasteiger partial charge is 0.270 e. The van der Waals surface area contributed by atoms with Crippen LogP contribution >= 0.6 is 0 Å². The highest BCUT2D eigenvalue weighted by Gasteiger charge is 2.37. The number of ether oxygens (including phenoxy) is 1. The summed E-state index contributed by atoms with van der Waals surface area (Å²) < 4.78 is 34.1. The number of carbonyl (C=O) groups is 1. The molecule has 0 bridgehead atoms. The summed E-state index contributed by atoms with van der Waals surface area (Å²) in [5, 5.41) is 13.3. The van der Waals surface area contributed by atoms with E-state index in [1.165, 1.54) is 18.2 Å². The van der Waals surface area contributed by atoms with Gasteiger partial charge in [-0.25, -0.2) is 8.78 Å². The topological polar surface area (TPSA) is 58.6 Å². The van der Waals surface area contributed by atoms with Crippen LogP contribution in [0.5, 0.6) is 5.75 Å². The SMILES string of the molecule is CCCC(O)c1cc(NC(=O)/C=C2\CC(CC)(CC)Oc3cc(C(C)(F)F)ccc32)ccc1C. The quantitative estimate of drug-likeness (QED) is 0.397. The van der Waals surface area contributed by atoms with Gasteiger partial charge in [0.2, 0.25) is 5.91 Å². The van der Waals surface area contributed by atoms with Crippen LogP contribution in [0.15, 0.2) is 42.5 Å². The molecule has 1 aliphatic heterocycles. The van der Waals surface area contributed by atoms with Crippen molar-refractivity contribution < 1.29 is 23.4 Å². The summed E-state index contributed by atoms with van der Waals surface area (Å²) in [6.07, 6.45) is 4.34. The van der Waals surface area contributed by atoms with E-state index in [4.69, 9.17) is 4.74 Å². The van der Waals surface area contributed by atoms with Crippen LogP contribution in [0.2, 0.25) is 0 Å². The third-order valence-electron chi connectivity index (χ3n) is 6.74. The van der Waals surface area contributed by atoms with E-state index in [1.807, 2.05) is 45.9 Å². The Morgan fingerprint density at radius 3 is 2.53 bits per heavy atom. The molecule has 0 fully saturated rings. The van der Waals surface area contributed by atoms with Gasteiger partial charge in [0.1, 0.15) is 11.4 Å². The standard InChI is InChI=1S/C28H35F2NO3/c1-6-9-24(32)23-16-21(12-10-18(23)4)31-26(33)14-19-17-28(7-2,8-3)34-25-15-20(27(5,29)30)11-13-22(19)25/h10-16,24,32H,6-9,17H2,1-5H3,(H,31,33)/b19-14+. The first-order valence-electron chi connectivity index (χ1n) is 12.0. The van der Waals surface area contributed by atoms with E-state index in [-0.39, 0.29) is 11.5 Å². The Labute approximate surface area is 201 Å². The van der Waals surface area contributed by atoms with Crippen molar-refractivity contribution in [2.45, 2.75) is 84.4 Å². The maximum absolute atomic E-state index is 13.9. The number of benzene rings is 2. The molecular weight excluding hydrogens is 436 g/mol. The molecule has 6 heteroatoms. The second-order valence-corrected chi connectivity index (χ2v) is 9.30. The number of fused-ring (bicyclic) bond motifs is 1. The minimum Gasteiger partial charge on any atom is -0.486 e. The Kier molecular flexibility index (Phi) is 7.81.